The molecular weight excluding hydrogens is 140 g/mol. The van der Waals surface area contributed by atoms with Gasteiger partial charge in [0.1, 0.15) is 0 Å². The van der Waals surface area contributed by atoms with Crippen LogP contribution in [0.1, 0.15) is 13.8 Å². The molecule has 0 aromatic carbocycles. The molecular formula is C5H12OS2. The maximum atomic E-state index is 10.5. The molecule has 0 aliphatic rings. The van der Waals surface area contributed by atoms with Gasteiger partial charge in [0.15, 0.2) is 0 Å². The summed E-state index contributed by atoms with van der Waals surface area (Å²) in [5.74, 6) is 0.663. The Morgan fingerprint density at radius 3 is 2.00 bits per heavy atom. The van der Waals surface area contributed by atoms with E-state index in [1.165, 1.54) is 0 Å². The van der Waals surface area contributed by atoms with Gasteiger partial charge in [0.25, 0.3) is 0 Å². The summed E-state index contributed by atoms with van der Waals surface area (Å²) in [6.07, 6.45) is 1.69. The predicted molar refractivity (Wildman–Crippen MR) is 42.0 cm³/mol. The van der Waals surface area contributed by atoms with E-state index in [9.17, 15) is 4.21 Å². The molecule has 0 heterocycles. The van der Waals surface area contributed by atoms with Gasteiger partial charge in [-0.25, -0.2) is 0 Å². The second-order valence-corrected chi connectivity index (χ2v) is 5.18. The molecule has 1 atom stereocenters. The summed E-state index contributed by atoms with van der Waals surface area (Å²) in [6, 6.07) is 0. The van der Waals surface area contributed by atoms with Crippen molar-refractivity contribution >= 4 is 23.4 Å². The highest BCUT2D eigenvalue weighted by Gasteiger charge is 2.12. The third-order valence-electron chi connectivity index (χ3n) is 0.556. The highest BCUT2D eigenvalue weighted by Crippen LogP contribution is 2.11. The lowest BCUT2D eigenvalue weighted by molar-refractivity contribution is 0.678. The minimum Gasteiger partial charge on any atom is -0.260 e. The lowest BCUT2D eigenvalue weighted by Crippen LogP contribution is -2.19. The molecule has 0 saturated carbocycles. The van der Waals surface area contributed by atoms with Crippen molar-refractivity contribution in [3.8, 4) is 0 Å². The minimum atomic E-state index is -0.711. The molecule has 1 nitrogen and oxygen atoms in total. The fraction of sp³-hybridized carbons (Fsp3) is 1.00. The van der Waals surface area contributed by atoms with Crippen molar-refractivity contribution in [1.82, 2.24) is 0 Å². The zero-order valence-corrected chi connectivity index (χ0v) is 7.18. The first-order chi connectivity index (χ1) is 3.42. The van der Waals surface area contributed by atoms with E-state index in [-0.39, 0.29) is 4.75 Å². The first kappa shape index (κ1) is 8.50. The van der Waals surface area contributed by atoms with Crippen molar-refractivity contribution < 1.29 is 4.21 Å². The van der Waals surface area contributed by atoms with Gasteiger partial charge in [-0.2, -0.15) is 12.6 Å². The van der Waals surface area contributed by atoms with Gasteiger partial charge in [-0.05, 0) is 0 Å². The van der Waals surface area contributed by atoms with Gasteiger partial charge < -0.3 is 0 Å². The third-order valence-corrected chi connectivity index (χ3v) is 2.06. The third kappa shape index (κ3) is 6.50. The summed E-state index contributed by atoms with van der Waals surface area (Å²) in [6.45, 7) is 3.91. The van der Waals surface area contributed by atoms with Crippen molar-refractivity contribution in [2.75, 3.05) is 12.0 Å². The highest BCUT2D eigenvalue weighted by molar-refractivity contribution is 7.87. The van der Waals surface area contributed by atoms with Crippen LogP contribution >= 0.6 is 12.6 Å². The van der Waals surface area contributed by atoms with Crippen LogP contribution in [0.5, 0.6) is 0 Å². The molecule has 0 aromatic heterocycles. The van der Waals surface area contributed by atoms with E-state index in [0.29, 0.717) is 5.75 Å². The van der Waals surface area contributed by atoms with E-state index in [0.717, 1.165) is 0 Å². The van der Waals surface area contributed by atoms with Crippen LogP contribution in [0.25, 0.3) is 0 Å². The van der Waals surface area contributed by atoms with Crippen molar-refractivity contribution in [3.63, 3.8) is 0 Å². The molecule has 8 heavy (non-hydrogen) atoms. The Morgan fingerprint density at radius 2 is 2.00 bits per heavy atom. The predicted octanol–water partition coefficient (Wildman–Crippen LogP) is 1.07. The Kier molecular flexibility index (Phi) is 3.05. The molecule has 0 saturated heterocycles. The average Bonchev–Trinajstić information content (AvgIpc) is 1.21. The molecule has 3 heteroatoms. The van der Waals surface area contributed by atoms with Gasteiger partial charge in [0.05, 0.1) is 0 Å². The smallest absolute Gasteiger partial charge is 0.0371 e. The Bertz CT molecular complexity index is 93.1. The van der Waals surface area contributed by atoms with Crippen LogP contribution in [0.2, 0.25) is 0 Å². The fourth-order valence-electron chi connectivity index (χ4n) is 0.497. The Hall–Kier alpha value is 0.500. The van der Waals surface area contributed by atoms with Crippen LogP contribution in [0.15, 0.2) is 0 Å². The molecule has 0 fully saturated rings. The summed E-state index contributed by atoms with van der Waals surface area (Å²) in [4.78, 5) is 0. The van der Waals surface area contributed by atoms with Crippen LogP contribution in [0, 0.1) is 0 Å². The van der Waals surface area contributed by atoms with Crippen LogP contribution in [-0.2, 0) is 10.8 Å². The van der Waals surface area contributed by atoms with E-state index in [1.807, 2.05) is 13.8 Å². The summed E-state index contributed by atoms with van der Waals surface area (Å²) >= 11 is 4.20. The summed E-state index contributed by atoms with van der Waals surface area (Å²) in [5, 5.41) is 0. The average molecular weight is 152 g/mol. The maximum Gasteiger partial charge on any atom is 0.0371 e. The fourth-order valence-corrected chi connectivity index (χ4v) is 2.04. The van der Waals surface area contributed by atoms with Gasteiger partial charge in [0, 0.05) is 27.6 Å². The zero-order valence-electron chi connectivity index (χ0n) is 5.47. The first-order valence-corrected chi connectivity index (χ1v) is 4.62. The first-order valence-electron chi connectivity index (χ1n) is 2.44. The molecule has 0 amide bonds. The molecule has 0 aromatic rings. The van der Waals surface area contributed by atoms with Gasteiger partial charge in [0.2, 0.25) is 0 Å². The van der Waals surface area contributed by atoms with E-state index < -0.39 is 10.8 Å². The summed E-state index contributed by atoms with van der Waals surface area (Å²) in [7, 11) is -0.711. The maximum absolute atomic E-state index is 10.5. The Labute approximate surface area is 58.7 Å². The second kappa shape index (κ2) is 2.87. The van der Waals surface area contributed by atoms with Crippen LogP contribution in [-0.4, -0.2) is 21.0 Å². The molecule has 0 spiro atoms. The SMILES string of the molecule is CS(=O)CC(C)(C)S. The van der Waals surface area contributed by atoms with Gasteiger partial charge in [-0.3, -0.25) is 4.21 Å². The van der Waals surface area contributed by atoms with Crippen LogP contribution < -0.4 is 0 Å². The molecule has 50 valence electrons. The summed E-state index contributed by atoms with van der Waals surface area (Å²) < 4.78 is 10.4. The van der Waals surface area contributed by atoms with Crippen molar-refractivity contribution in [1.29, 1.82) is 0 Å². The van der Waals surface area contributed by atoms with Gasteiger partial charge >= 0.3 is 0 Å². The summed E-state index contributed by atoms with van der Waals surface area (Å²) in [5.41, 5.74) is 0. The standard InChI is InChI=1S/C5H12OS2/c1-5(2,7)4-8(3)6/h7H,4H2,1-3H3. The van der Waals surface area contributed by atoms with Crippen LogP contribution in [0.4, 0.5) is 0 Å². The monoisotopic (exact) mass is 152 g/mol. The molecule has 0 aliphatic carbocycles. The van der Waals surface area contributed by atoms with Gasteiger partial charge in [-0.15, -0.1) is 0 Å². The molecule has 0 radical (unpaired) electrons. The lowest BCUT2D eigenvalue weighted by Gasteiger charge is -2.13. The van der Waals surface area contributed by atoms with E-state index >= 15 is 0 Å². The van der Waals surface area contributed by atoms with Gasteiger partial charge in [-0.1, -0.05) is 13.8 Å². The lowest BCUT2D eigenvalue weighted by atomic mass is 10.2. The topological polar surface area (TPSA) is 17.1 Å². The van der Waals surface area contributed by atoms with Crippen molar-refractivity contribution in [3.05, 3.63) is 0 Å². The molecule has 1 unspecified atom stereocenters. The van der Waals surface area contributed by atoms with E-state index in [2.05, 4.69) is 12.6 Å². The van der Waals surface area contributed by atoms with Crippen LogP contribution in [0.3, 0.4) is 0 Å². The number of rotatable bonds is 2. The largest absolute Gasteiger partial charge is 0.260 e. The highest BCUT2D eigenvalue weighted by atomic mass is 32.2. The van der Waals surface area contributed by atoms with E-state index in [1.54, 1.807) is 6.26 Å². The Balaban J connectivity index is 3.55. The number of hydrogen-bond acceptors (Lipinski definition) is 2. The molecule has 0 aliphatic heterocycles. The van der Waals surface area contributed by atoms with Crippen molar-refractivity contribution in [2.45, 2.75) is 18.6 Å². The Morgan fingerprint density at radius 1 is 1.62 bits per heavy atom. The van der Waals surface area contributed by atoms with E-state index in [4.69, 9.17) is 0 Å². The normalized spacial score (nSPS) is 16.0. The second-order valence-electron chi connectivity index (χ2n) is 2.53. The quantitative estimate of drug-likeness (QED) is 0.586. The van der Waals surface area contributed by atoms with Crippen molar-refractivity contribution in [2.24, 2.45) is 0 Å². The number of hydrogen-bond donors (Lipinski definition) is 1. The molecule has 0 N–H and O–H groups in total. The molecule has 0 rings (SSSR count). The zero-order chi connectivity index (χ0) is 6.78. The molecule has 0 bridgehead atoms. The number of thiol groups is 1. The minimum absolute atomic E-state index is 0.0837.